The van der Waals surface area contributed by atoms with E-state index < -0.39 is 29.3 Å². The second-order valence-electron chi connectivity index (χ2n) is 5.82. The predicted octanol–water partition coefficient (Wildman–Crippen LogP) is 2.08. The second kappa shape index (κ2) is 6.76. The van der Waals surface area contributed by atoms with Crippen molar-refractivity contribution >= 4 is 17.6 Å². The smallest absolute Gasteiger partial charge is 0.305 e. The number of carbonyl (C=O) groups is 2. The molecule has 1 aromatic carbocycles. The summed E-state index contributed by atoms with van der Waals surface area (Å²) >= 11 is 0. The molecule has 0 aliphatic carbocycles. The van der Waals surface area contributed by atoms with E-state index >= 15 is 0 Å². The molecule has 1 amide bonds. The average Bonchev–Trinajstić information content (AvgIpc) is 2.96. The molecular formula is C16H19FN2O4. The summed E-state index contributed by atoms with van der Waals surface area (Å²) in [4.78, 5) is 28.3. The molecule has 2 N–H and O–H groups in total. The van der Waals surface area contributed by atoms with Gasteiger partial charge in [-0.25, -0.2) is 4.39 Å². The molecule has 124 valence electrons. The van der Waals surface area contributed by atoms with Gasteiger partial charge < -0.3 is 15.3 Å². The molecule has 0 fully saturated rings. The van der Waals surface area contributed by atoms with Gasteiger partial charge in [0.25, 0.3) is 5.91 Å². The highest BCUT2D eigenvalue weighted by atomic mass is 19.1. The van der Waals surface area contributed by atoms with E-state index in [1.54, 1.807) is 26.0 Å². The third-order valence-corrected chi connectivity index (χ3v) is 3.87. The van der Waals surface area contributed by atoms with Gasteiger partial charge in [-0.2, -0.15) is 0 Å². The predicted molar refractivity (Wildman–Crippen MR) is 81.5 cm³/mol. The number of carboxylic acids is 1. The van der Waals surface area contributed by atoms with Crippen molar-refractivity contribution in [2.45, 2.75) is 44.8 Å². The number of carboxylic acid groups (broad SMARTS) is 1. The van der Waals surface area contributed by atoms with Gasteiger partial charge in [0, 0.05) is 17.5 Å². The van der Waals surface area contributed by atoms with E-state index in [-0.39, 0.29) is 12.8 Å². The van der Waals surface area contributed by atoms with Crippen LogP contribution >= 0.6 is 0 Å². The lowest BCUT2D eigenvalue weighted by atomic mass is 9.93. The fourth-order valence-corrected chi connectivity index (χ4v) is 2.33. The normalized spacial score (nSPS) is 19.4. The van der Waals surface area contributed by atoms with Crippen LogP contribution in [0.1, 0.15) is 38.7 Å². The van der Waals surface area contributed by atoms with E-state index in [9.17, 15) is 14.0 Å². The summed E-state index contributed by atoms with van der Waals surface area (Å²) in [5.74, 6) is -1.80. The summed E-state index contributed by atoms with van der Waals surface area (Å²) in [7, 11) is 0. The summed E-state index contributed by atoms with van der Waals surface area (Å²) in [5.41, 5.74) is 0.193. The maximum absolute atomic E-state index is 13.2. The first-order valence-corrected chi connectivity index (χ1v) is 7.35. The molecule has 2 rings (SSSR count). The number of nitrogens with zero attached hydrogens (tertiary/aromatic N) is 1. The molecule has 1 aromatic rings. The molecule has 0 saturated carbocycles. The maximum Gasteiger partial charge on any atom is 0.305 e. The van der Waals surface area contributed by atoms with Crippen molar-refractivity contribution in [2.75, 3.05) is 0 Å². The molecule has 0 saturated heterocycles. The van der Waals surface area contributed by atoms with Crippen molar-refractivity contribution in [1.82, 2.24) is 5.32 Å². The number of oxime groups is 1. The number of carbonyl (C=O) groups excluding carboxylic acids is 1. The van der Waals surface area contributed by atoms with E-state index in [0.29, 0.717) is 17.7 Å². The van der Waals surface area contributed by atoms with E-state index in [1.807, 2.05) is 0 Å². The minimum absolute atomic E-state index is 0.181. The van der Waals surface area contributed by atoms with Gasteiger partial charge in [-0.15, -0.1) is 0 Å². The fourth-order valence-electron chi connectivity index (χ4n) is 2.33. The summed E-state index contributed by atoms with van der Waals surface area (Å²) in [6, 6.07) is 5.89. The average molecular weight is 322 g/mol. The largest absolute Gasteiger partial charge is 0.481 e. The zero-order valence-electron chi connectivity index (χ0n) is 13.0. The Morgan fingerprint density at radius 3 is 2.87 bits per heavy atom. The topological polar surface area (TPSA) is 88.0 Å². The number of halogens is 1. The van der Waals surface area contributed by atoms with Crippen LogP contribution in [0.3, 0.4) is 0 Å². The number of hydrogen-bond acceptors (Lipinski definition) is 4. The highest BCUT2D eigenvalue weighted by Gasteiger charge is 2.34. The van der Waals surface area contributed by atoms with Gasteiger partial charge in [-0.1, -0.05) is 24.2 Å². The van der Waals surface area contributed by atoms with Crippen LogP contribution in [0.5, 0.6) is 0 Å². The van der Waals surface area contributed by atoms with Crippen molar-refractivity contribution in [3.8, 4) is 0 Å². The van der Waals surface area contributed by atoms with Gasteiger partial charge in [-0.3, -0.25) is 9.59 Å². The van der Waals surface area contributed by atoms with Crippen LogP contribution in [0.4, 0.5) is 4.39 Å². The highest BCUT2D eigenvalue weighted by molar-refractivity contribution is 6.04. The van der Waals surface area contributed by atoms with Gasteiger partial charge in [0.15, 0.2) is 0 Å². The highest BCUT2D eigenvalue weighted by Crippen LogP contribution is 2.20. The number of benzene rings is 1. The summed E-state index contributed by atoms with van der Waals surface area (Å²) < 4.78 is 13.2. The molecule has 7 heteroatoms. The fraction of sp³-hybridized carbons (Fsp3) is 0.438. The third-order valence-electron chi connectivity index (χ3n) is 3.87. The van der Waals surface area contributed by atoms with Gasteiger partial charge in [0.1, 0.15) is 5.82 Å². The lowest BCUT2D eigenvalue weighted by Gasteiger charge is -2.28. The Balaban J connectivity index is 2.00. The van der Waals surface area contributed by atoms with Crippen molar-refractivity contribution in [1.29, 1.82) is 0 Å². The molecule has 2 atom stereocenters. The molecule has 0 aromatic heterocycles. The van der Waals surface area contributed by atoms with Crippen LogP contribution in [-0.2, 0) is 14.4 Å². The molecule has 0 unspecified atom stereocenters. The van der Waals surface area contributed by atoms with Crippen molar-refractivity contribution in [3.05, 3.63) is 35.6 Å². The lowest BCUT2D eigenvalue weighted by Crippen LogP contribution is -2.50. The minimum atomic E-state index is -0.987. The van der Waals surface area contributed by atoms with Gasteiger partial charge in [0.2, 0.25) is 6.10 Å². The first-order valence-electron chi connectivity index (χ1n) is 7.35. The van der Waals surface area contributed by atoms with Gasteiger partial charge >= 0.3 is 5.97 Å². The third kappa shape index (κ3) is 4.28. The van der Waals surface area contributed by atoms with Crippen LogP contribution in [-0.4, -0.2) is 34.3 Å². The van der Waals surface area contributed by atoms with Crippen LogP contribution in [0, 0.1) is 5.82 Å². The number of rotatable bonds is 6. The number of hydrogen-bond donors (Lipinski definition) is 2. The lowest BCUT2D eigenvalue weighted by molar-refractivity contribution is -0.140. The first kappa shape index (κ1) is 16.9. The molecule has 1 aliphatic heterocycles. The maximum atomic E-state index is 13.2. The molecule has 0 spiro atoms. The number of amides is 1. The van der Waals surface area contributed by atoms with Crippen LogP contribution in [0.15, 0.2) is 29.4 Å². The molecule has 1 aliphatic rings. The van der Waals surface area contributed by atoms with Crippen molar-refractivity contribution in [3.63, 3.8) is 0 Å². The van der Waals surface area contributed by atoms with Crippen molar-refractivity contribution in [2.24, 2.45) is 5.16 Å². The van der Waals surface area contributed by atoms with Gasteiger partial charge in [-0.05, 0) is 25.5 Å². The van der Waals surface area contributed by atoms with E-state index in [0.717, 1.165) is 0 Å². The van der Waals surface area contributed by atoms with E-state index in [2.05, 4.69) is 10.5 Å². The van der Waals surface area contributed by atoms with Gasteiger partial charge in [0.05, 0.1) is 12.1 Å². The first-order chi connectivity index (χ1) is 10.8. The molecule has 0 radical (unpaired) electrons. The van der Waals surface area contributed by atoms with E-state index in [1.165, 1.54) is 12.1 Å². The van der Waals surface area contributed by atoms with Crippen LogP contribution in [0.2, 0.25) is 0 Å². The Morgan fingerprint density at radius 1 is 1.52 bits per heavy atom. The summed E-state index contributed by atoms with van der Waals surface area (Å²) in [6.45, 7) is 3.47. The molecular weight excluding hydrogens is 303 g/mol. The Morgan fingerprint density at radius 2 is 2.26 bits per heavy atom. The SMILES string of the molecule is CC[C@](C)(CC(=O)O)NC(=O)[C@H]1CC(c2cccc(F)c2)=NO1. The molecule has 1 heterocycles. The molecule has 0 bridgehead atoms. The second-order valence-corrected chi connectivity index (χ2v) is 5.82. The number of aliphatic carboxylic acids is 1. The van der Waals surface area contributed by atoms with Crippen LogP contribution in [0.25, 0.3) is 0 Å². The molecule has 6 nitrogen and oxygen atoms in total. The summed E-state index contributed by atoms with van der Waals surface area (Å²) in [6.07, 6.45) is -0.343. The molecule has 23 heavy (non-hydrogen) atoms. The van der Waals surface area contributed by atoms with Crippen molar-refractivity contribution < 1.29 is 23.9 Å². The Kier molecular flexibility index (Phi) is 4.98. The summed E-state index contributed by atoms with van der Waals surface area (Å²) in [5, 5.41) is 15.5. The Bertz CT molecular complexity index is 647. The Labute approximate surface area is 133 Å². The van der Waals surface area contributed by atoms with Crippen LogP contribution < -0.4 is 5.32 Å². The standard InChI is InChI=1S/C16H19FN2O4/c1-3-16(2,9-14(20)21)18-15(22)13-8-12(19-23-13)10-5-4-6-11(17)7-10/h4-7,13H,3,8-9H2,1-2H3,(H,18,22)(H,20,21)/t13-,16-/m1/s1. The number of nitrogens with one attached hydrogen (secondary N) is 1. The quantitative estimate of drug-likeness (QED) is 0.839. The minimum Gasteiger partial charge on any atom is -0.481 e. The monoisotopic (exact) mass is 322 g/mol. The Hall–Kier alpha value is -2.44. The zero-order valence-corrected chi connectivity index (χ0v) is 13.0. The van der Waals surface area contributed by atoms with E-state index in [4.69, 9.17) is 9.94 Å². The zero-order chi connectivity index (χ0) is 17.0.